The molecule has 1 aliphatic rings. The molecule has 1 heterocycles. The van der Waals surface area contributed by atoms with Gasteiger partial charge in [0.2, 0.25) is 5.91 Å². The summed E-state index contributed by atoms with van der Waals surface area (Å²) in [6, 6.07) is 5.80. The molecule has 1 aromatic rings. The quantitative estimate of drug-likeness (QED) is 0.860. The Morgan fingerprint density at radius 2 is 2.26 bits per heavy atom. The van der Waals surface area contributed by atoms with Gasteiger partial charge in [-0.15, -0.1) is 0 Å². The van der Waals surface area contributed by atoms with Crippen LogP contribution in [0, 0.1) is 0 Å². The van der Waals surface area contributed by atoms with Gasteiger partial charge in [0.15, 0.2) is 0 Å². The van der Waals surface area contributed by atoms with Gasteiger partial charge in [-0.05, 0) is 30.2 Å². The van der Waals surface area contributed by atoms with Crippen LogP contribution in [-0.2, 0) is 16.0 Å². The molecule has 2 N–H and O–H groups in total. The molecule has 2 rings (SSSR count). The van der Waals surface area contributed by atoms with Gasteiger partial charge in [-0.3, -0.25) is 4.79 Å². The molecule has 0 aromatic heterocycles. The summed E-state index contributed by atoms with van der Waals surface area (Å²) in [5.41, 5.74) is 7.67. The smallest absolute Gasteiger partial charge is 0.229 e. The van der Waals surface area contributed by atoms with E-state index in [9.17, 15) is 4.79 Å². The first-order valence-electron chi connectivity index (χ1n) is 6.39. The molecule has 104 valence electrons. The second-order valence-electron chi connectivity index (χ2n) is 4.59. The molecule has 1 atom stereocenters. The average Bonchev–Trinajstić information content (AvgIpc) is 2.87. The van der Waals surface area contributed by atoms with Crippen LogP contribution in [0.25, 0.3) is 0 Å². The number of fused-ring (bicyclic) bond motifs is 1. The van der Waals surface area contributed by atoms with Crippen LogP contribution < -0.4 is 15.4 Å². The van der Waals surface area contributed by atoms with Gasteiger partial charge in [-0.25, -0.2) is 0 Å². The summed E-state index contributed by atoms with van der Waals surface area (Å²) < 4.78 is 10.4. The summed E-state index contributed by atoms with van der Waals surface area (Å²) in [6.07, 6.45) is 0.964. The van der Waals surface area contributed by atoms with Gasteiger partial charge in [0.25, 0.3) is 0 Å². The minimum atomic E-state index is -0.213. The van der Waals surface area contributed by atoms with Gasteiger partial charge in [-0.1, -0.05) is 0 Å². The van der Waals surface area contributed by atoms with E-state index < -0.39 is 0 Å². The van der Waals surface area contributed by atoms with Crippen molar-refractivity contribution in [2.75, 3.05) is 32.2 Å². The van der Waals surface area contributed by atoms with Crippen molar-refractivity contribution in [1.82, 2.24) is 0 Å². The number of carbonyl (C=O) groups is 1. The van der Waals surface area contributed by atoms with E-state index in [-0.39, 0.29) is 12.0 Å². The lowest BCUT2D eigenvalue weighted by Crippen LogP contribution is -2.35. The van der Waals surface area contributed by atoms with Crippen molar-refractivity contribution in [1.29, 1.82) is 0 Å². The van der Waals surface area contributed by atoms with Crippen LogP contribution in [0.2, 0.25) is 0 Å². The van der Waals surface area contributed by atoms with E-state index in [4.69, 9.17) is 15.2 Å². The Morgan fingerprint density at radius 3 is 2.89 bits per heavy atom. The van der Waals surface area contributed by atoms with Crippen molar-refractivity contribution < 1.29 is 14.3 Å². The van der Waals surface area contributed by atoms with Gasteiger partial charge < -0.3 is 20.1 Å². The van der Waals surface area contributed by atoms with Gasteiger partial charge in [0.1, 0.15) is 5.75 Å². The largest absolute Gasteiger partial charge is 0.497 e. The van der Waals surface area contributed by atoms with E-state index in [2.05, 4.69) is 0 Å². The van der Waals surface area contributed by atoms with Crippen LogP contribution in [0.3, 0.4) is 0 Å². The highest BCUT2D eigenvalue weighted by molar-refractivity contribution is 5.95. The van der Waals surface area contributed by atoms with Crippen LogP contribution in [-0.4, -0.2) is 39.3 Å². The van der Waals surface area contributed by atoms with Gasteiger partial charge >= 0.3 is 0 Å². The summed E-state index contributed by atoms with van der Waals surface area (Å²) in [5.74, 6) is 0.881. The van der Waals surface area contributed by atoms with Crippen LogP contribution in [0.4, 0.5) is 5.69 Å². The lowest BCUT2D eigenvalue weighted by molar-refractivity contribution is -0.120. The molecule has 0 spiro atoms. The van der Waals surface area contributed by atoms with Gasteiger partial charge in [0.05, 0.1) is 19.6 Å². The average molecular weight is 264 g/mol. The number of benzene rings is 1. The number of carbonyl (C=O) groups excluding carboxylic acids is 1. The predicted octanol–water partition coefficient (Wildman–Crippen LogP) is 0.948. The van der Waals surface area contributed by atoms with Crippen LogP contribution in [0.15, 0.2) is 18.2 Å². The first kappa shape index (κ1) is 13.8. The molecular weight excluding hydrogens is 244 g/mol. The summed E-state index contributed by atoms with van der Waals surface area (Å²) >= 11 is 0. The molecular formula is C14H20N2O3. The fraction of sp³-hybridized carbons (Fsp3) is 0.500. The molecule has 1 unspecified atom stereocenters. The number of ether oxygens (including phenoxy) is 2. The van der Waals surface area contributed by atoms with E-state index in [1.165, 1.54) is 0 Å². The van der Waals surface area contributed by atoms with Crippen LogP contribution in [0.1, 0.15) is 12.0 Å². The number of hydrogen-bond acceptors (Lipinski definition) is 4. The maximum absolute atomic E-state index is 12.2. The third kappa shape index (κ3) is 2.88. The minimum absolute atomic E-state index is 0.0567. The summed E-state index contributed by atoms with van der Waals surface area (Å²) in [7, 11) is 3.22. The Bertz CT molecular complexity index is 458. The number of anilines is 1. The SMILES string of the molecule is COc1ccc2c(c1)CCN2C(=O)CC(CN)OC. The summed E-state index contributed by atoms with van der Waals surface area (Å²) in [6.45, 7) is 1.06. The normalized spacial score (nSPS) is 15.2. The second-order valence-corrected chi connectivity index (χ2v) is 4.59. The van der Waals surface area contributed by atoms with Crippen molar-refractivity contribution in [2.45, 2.75) is 18.9 Å². The Kier molecular flexibility index (Phi) is 4.39. The molecule has 1 aromatic carbocycles. The third-order valence-corrected chi connectivity index (χ3v) is 3.48. The Balaban J connectivity index is 2.11. The number of methoxy groups -OCH3 is 2. The predicted molar refractivity (Wildman–Crippen MR) is 73.5 cm³/mol. The van der Waals surface area contributed by atoms with Gasteiger partial charge in [0, 0.05) is 25.9 Å². The summed E-state index contributed by atoms with van der Waals surface area (Å²) in [5, 5.41) is 0. The number of amides is 1. The molecule has 0 saturated heterocycles. The number of rotatable bonds is 5. The van der Waals surface area contributed by atoms with Crippen molar-refractivity contribution >= 4 is 11.6 Å². The zero-order valence-electron chi connectivity index (χ0n) is 11.4. The molecule has 0 saturated carbocycles. The molecule has 0 bridgehead atoms. The van der Waals surface area contributed by atoms with Crippen molar-refractivity contribution in [3.63, 3.8) is 0 Å². The highest BCUT2D eigenvalue weighted by Crippen LogP contribution is 2.31. The summed E-state index contributed by atoms with van der Waals surface area (Å²) in [4.78, 5) is 14.1. The molecule has 5 nitrogen and oxygen atoms in total. The molecule has 5 heteroatoms. The van der Waals surface area contributed by atoms with Crippen molar-refractivity contribution in [3.8, 4) is 5.75 Å². The Labute approximate surface area is 113 Å². The van der Waals surface area contributed by atoms with E-state index in [1.807, 2.05) is 18.2 Å². The standard InChI is InChI=1S/C14H20N2O3/c1-18-11-3-4-13-10(7-11)5-6-16(13)14(17)8-12(9-15)19-2/h3-4,7,12H,5-6,8-9,15H2,1-2H3. The fourth-order valence-corrected chi connectivity index (χ4v) is 2.33. The highest BCUT2D eigenvalue weighted by Gasteiger charge is 2.26. The number of nitrogens with zero attached hydrogens (tertiary/aromatic N) is 1. The maximum atomic E-state index is 12.2. The Hall–Kier alpha value is -1.59. The first-order chi connectivity index (χ1) is 9.19. The first-order valence-corrected chi connectivity index (χ1v) is 6.39. The van der Waals surface area contributed by atoms with Crippen molar-refractivity contribution in [3.05, 3.63) is 23.8 Å². The van der Waals surface area contributed by atoms with Crippen LogP contribution >= 0.6 is 0 Å². The monoisotopic (exact) mass is 264 g/mol. The van der Waals surface area contributed by atoms with Crippen molar-refractivity contribution in [2.24, 2.45) is 5.73 Å². The van der Waals surface area contributed by atoms with Crippen LogP contribution in [0.5, 0.6) is 5.75 Å². The van der Waals surface area contributed by atoms with E-state index in [1.54, 1.807) is 19.1 Å². The number of hydrogen-bond donors (Lipinski definition) is 1. The van der Waals surface area contributed by atoms with E-state index in [0.29, 0.717) is 19.5 Å². The van der Waals surface area contributed by atoms with E-state index in [0.717, 1.165) is 23.4 Å². The van der Waals surface area contributed by atoms with Gasteiger partial charge in [-0.2, -0.15) is 0 Å². The fourth-order valence-electron chi connectivity index (χ4n) is 2.33. The molecule has 19 heavy (non-hydrogen) atoms. The van der Waals surface area contributed by atoms with E-state index >= 15 is 0 Å². The zero-order valence-corrected chi connectivity index (χ0v) is 11.4. The molecule has 0 fully saturated rings. The lowest BCUT2D eigenvalue weighted by Gasteiger charge is -2.20. The Morgan fingerprint density at radius 1 is 1.47 bits per heavy atom. The third-order valence-electron chi connectivity index (χ3n) is 3.48. The minimum Gasteiger partial charge on any atom is -0.497 e. The molecule has 1 amide bonds. The zero-order chi connectivity index (χ0) is 13.8. The highest BCUT2D eigenvalue weighted by atomic mass is 16.5. The lowest BCUT2D eigenvalue weighted by atomic mass is 10.1. The maximum Gasteiger partial charge on any atom is 0.229 e. The second kappa shape index (κ2) is 6.04. The molecule has 0 radical (unpaired) electrons. The molecule has 1 aliphatic heterocycles. The number of nitrogens with two attached hydrogens (primary N) is 1. The topological polar surface area (TPSA) is 64.8 Å². The molecule has 0 aliphatic carbocycles.